The molecule has 3 heteroatoms. The first kappa shape index (κ1) is 28.7. The van der Waals surface area contributed by atoms with Gasteiger partial charge >= 0.3 is 0 Å². The van der Waals surface area contributed by atoms with E-state index >= 15 is 0 Å². The van der Waals surface area contributed by atoms with Crippen LogP contribution in [-0.2, 0) is 5.41 Å². The molecule has 0 saturated heterocycles. The molecule has 0 bridgehead atoms. The van der Waals surface area contributed by atoms with E-state index in [9.17, 15) is 0 Å². The van der Waals surface area contributed by atoms with Crippen LogP contribution < -0.4 is 0 Å². The zero-order valence-corrected chi connectivity index (χ0v) is 26.7. The van der Waals surface area contributed by atoms with Gasteiger partial charge in [-0.15, -0.1) is 0 Å². The summed E-state index contributed by atoms with van der Waals surface area (Å²) < 4.78 is 0. The van der Waals surface area contributed by atoms with Crippen molar-refractivity contribution in [2.75, 3.05) is 0 Å². The third-order valence-corrected chi connectivity index (χ3v) is 9.60. The van der Waals surface area contributed by atoms with E-state index in [1.807, 2.05) is 18.3 Å². The van der Waals surface area contributed by atoms with Crippen molar-refractivity contribution in [2.45, 2.75) is 5.41 Å². The largest absolute Gasteiger partial charge is 0.248 e. The Morgan fingerprint density at radius 3 is 1.57 bits per heavy atom. The van der Waals surface area contributed by atoms with Gasteiger partial charge in [-0.25, -0.2) is 15.0 Å². The maximum absolute atomic E-state index is 5.48. The van der Waals surface area contributed by atoms with Crippen LogP contribution in [0.5, 0.6) is 0 Å². The minimum atomic E-state index is -0.583. The molecule has 1 aliphatic rings. The summed E-state index contributed by atoms with van der Waals surface area (Å²) in [6.45, 7) is 0. The Labute approximate surface area is 286 Å². The molecule has 0 atom stereocenters. The molecular formula is C46H31N3. The highest BCUT2D eigenvalue weighted by Gasteiger charge is 2.47. The van der Waals surface area contributed by atoms with Crippen LogP contribution in [0.3, 0.4) is 0 Å². The van der Waals surface area contributed by atoms with Gasteiger partial charge in [0.15, 0.2) is 5.82 Å². The summed E-state index contributed by atoms with van der Waals surface area (Å²) in [5.41, 5.74) is 13.4. The third kappa shape index (κ3) is 4.87. The van der Waals surface area contributed by atoms with Gasteiger partial charge in [0, 0.05) is 28.5 Å². The fraction of sp³-hybridized carbons (Fsp3) is 0.0217. The second-order valence-corrected chi connectivity index (χ2v) is 12.4. The molecule has 0 radical (unpaired) electrons. The van der Waals surface area contributed by atoms with Crippen molar-refractivity contribution in [3.8, 4) is 56.2 Å². The summed E-state index contributed by atoms with van der Waals surface area (Å²) in [4.78, 5) is 15.7. The first-order chi connectivity index (χ1) is 24.3. The Kier molecular flexibility index (Phi) is 7.02. The van der Waals surface area contributed by atoms with Gasteiger partial charge < -0.3 is 0 Å². The Bertz CT molecular complexity index is 2320. The van der Waals surface area contributed by atoms with Crippen LogP contribution in [0.1, 0.15) is 22.4 Å². The van der Waals surface area contributed by atoms with E-state index in [0.717, 1.165) is 50.5 Å². The standard InChI is InChI=1S/C46H31N3/c1-5-16-32(17-6-1)36-29-42(33-18-7-2-8-19-33)48-43(30-36)34-20-15-21-35(28-34)45-47-31-40-39-26-13-14-27-41(39)46(44(40)49-45,37-22-9-3-10-23-37)38-24-11-4-12-25-38/h1-31H. The number of hydrogen-bond donors (Lipinski definition) is 0. The second-order valence-electron chi connectivity index (χ2n) is 12.4. The molecule has 0 spiro atoms. The molecule has 8 aromatic rings. The van der Waals surface area contributed by atoms with E-state index in [4.69, 9.17) is 15.0 Å². The average Bonchev–Trinajstić information content (AvgIpc) is 3.49. The van der Waals surface area contributed by atoms with Crippen molar-refractivity contribution in [3.05, 3.63) is 211 Å². The maximum Gasteiger partial charge on any atom is 0.159 e. The highest BCUT2D eigenvalue weighted by Crippen LogP contribution is 2.55. The van der Waals surface area contributed by atoms with Crippen molar-refractivity contribution >= 4 is 0 Å². The quantitative estimate of drug-likeness (QED) is 0.185. The zero-order valence-electron chi connectivity index (χ0n) is 26.7. The van der Waals surface area contributed by atoms with Crippen LogP contribution >= 0.6 is 0 Å². The highest BCUT2D eigenvalue weighted by molar-refractivity contribution is 5.85. The van der Waals surface area contributed by atoms with E-state index in [1.165, 1.54) is 22.3 Å². The van der Waals surface area contributed by atoms with Crippen molar-refractivity contribution in [1.29, 1.82) is 0 Å². The number of benzene rings is 6. The van der Waals surface area contributed by atoms with Crippen LogP contribution in [0.4, 0.5) is 0 Å². The molecule has 0 saturated carbocycles. The normalized spacial score (nSPS) is 12.7. The number of hydrogen-bond acceptors (Lipinski definition) is 3. The maximum atomic E-state index is 5.48. The lowest BCUT2D eigenvalue weighted by Crippen LogP contribution is -2.29. The lowest BCUT2D eigenvalue weighted by atomic mass is 9.69. The van der Waals surface area contributed by atoms with Crippen molar-refractivity contribution in [1.82, 2.24) is 15.0 Å². The number of nitrogens with zero attached hydrogens (tertiary/aromatic N) is 3. The lowest BCUT2D eigenvalue weighted by Gasteiger charge is -2.32. The molecule has 2 aromatic heterocycles. The molecular weight excluding hydrogens is 595 g/mol. The fourth-order valence-electron chi connectivity index (χ4n) is 7.35. The van der Waals surface area contributed by atoms with Gasteiger partial charge in [0.05, 0.1) is 22.5 Å². The van der Waals surface area contributed by atoms with Crippen molar-refractivity contribution < 1.29 is 0 Å². The highest BCUT2D eigenvalue weighted by atomic mass is 14.9. The summed E-state index contributed by atoms with van der Waals surface area (Å²) in [6.07, 6.45) is 2.01. The summed E-state index contributed by atoms with van der Waals surface area (Å²) >= 11 is 0. The van der Waals surface area contributed by atoms with E-state index in [2.05, 4.69) is 170 Å². The van der Waals surface area contributed by atoms with Gasteiger partial charge in [-0.1, -0.05) is 164 Å². The van der Waals surface area contributed by atoms with Gasteiger partial charge in [-0.05, 0) is 51.6 Å². The molecule has 0 unspecified atom stereocenters. The van der Waals surface area contributed by atoms with E-state index in [-0.39, 0.29) is 0 Å². The first-order valence-corrected chi connectivity index (χ1v) is 16.6. The van der Waals surface area contributed by atoms with Crippen molar-refractivity contribution in [3.63, 3.8) is 0 Å². The van der Waals surface area contributed by atoms with Gasteiger partial charge in [0.1, 0.15) is 0 Å². The molecule has 9 rings (SSSR count). The lowest BCUT2D eigenvalue weighted by molar-refractivity contribution is 0.736. The minimum absolute atomic E-state index is 0.583. The van der Waals surface area contributed by atoms with Crippen LogP contribution in [-0.4, -0.2) is 15.0 Å². The van der Waals surface area contributed by atoms with Crippen molar-refractivity contribution in [2.24, 2.45) is 0 Å². The molecule has 0 aliphatic heterocycles. The third-order valence-electron chi connectivity index (χ3n) is 9.60. The van der Waals surface area contributed by atoms with Gasteiger partial charge in [-0.2, -0.15) is 0 Å². The molecule has 0 N–H and O–H groups in total. The molecule has 3 nitrogen and oxygen atoms in total. The van der Waals surface area contributed by atoms with Gasteiger partial charge in [0.25, 0.3) is 0 Å². The molecule has 49 heavy (non-hydrogen) atoms. The van der Waals surface area contributed by atoms with Crippen LogP contribution in [0.15, 0.2) is 188 Å². The molecule has 0 fully saturated rings. The molecule has 0 amide bonds. The monoisotopic (exact) mass is 625 g/mol. The SMILES string of the molecule is c1ccc(-c2cc(-c3ccccc3)nc(-c3cccc(-c4ncc5c(n4)C(c4ccccc4)(c4ccccc4)c4ccccc4-5)c3)c2)cc1. The summed E-state index contributed by atoms with van der Waals surface area (Å²) in [6, 6.07) is 63.8. The number of aromatic nitrogens is 3. The first-order valence-electron chi connectivity index (χ1n) is 16.6. The van der Waals surface area contributed by atoms with Crippen LogP contribution in [0.2, 0.25) is 0 Å². The Morgan fingerprint density at radius 1 is 0.367 bits per heavy atom. The molecule has 1 aliphatic carbocycles. The number of fused-ring (bicyclic) bond motifs is 3. The summed E-state index contributed by atoms with van der Waals surface area (Å²) in [7, 11) is 0. The predicted octanol–water partition coefficient (Wildman–Crippen LogP) is 10.9. The zero-order chi connectivity index (χ0) is 32.6. The molecule has 6 aromatic carbocycles. The Hall–Kier alpha value is -6.45. The van der Waals surface area contributed by atoms with Crippen LogP contribution in [0.25, 0.3) is 56.2 Å². The second kappa shape index (κ2) is 12.0. The number of pyridine rings is 1. The fourth-order valence-corrected chi connectivity index (χ4v) is 7.35. The molecule has 230 valence electrons. The van der Waals surface area contributed by atoms with Gasteiger partial charge in [0.2, 0.25) is 0 Å². The van der Waals surface area contributed by atoms with E-state index in [1.54, 1.807) is 0 Å². The molecule has 2 heterocycles. The number of rotatable bonds is 6. The smallest absolute Gasteiger partial charge is 0.159 e. The minimum Gasteiger partial charge on any atom is -0.248 e. The predicted molar refractivity (Wildman–Crippen MR) is 199 cm³/mol. The topological polar surface area (TPSA) is 38.7 Å². The van der Waals surface area contributed by atoms with Crippen LogP contribution in [0, 0.1) is 0 Å². The average molecular weight is 626 g/mol. The summed E-state index contributed by atoms with van der Waals surface area (Å²) in [5.74, 6) is 0.687. The Morgan fingerprint density at radius 2 is 0.898 bits per heavy atom. The van der Waals surface area contributed by atoms with Gasteiger partial charge in [-0.3, -0.25) is 0 Å². The summed E-state index contributed by atoms with van der Waals surface area (Å²) in [5, 5.41) is 0. The van der Waals surface area contributed by atoms with E-state index in [0.29, 0.717) is 5.82 Å². The Balaban J connectivity index is 1.22. The van der Waals surface area contributed by atoms with E-state index < -0.39 is 5.41 Å².